The fraction of sp³-hybridized carbons (Fsp3) is 0.312. The molecule has 3 rings (SSSR count). The molecule has 1 fully saturated rings. The van der Waals surface area contributed by atoms with Crippen LogP contribution in [-0.4, -0.2) is 28.2 Å². The number of aromatic nitrogens is 1. The van der Waals surface area contributed by atoms with E-state index in [1.165, 1.54) is 11.1 Å². The number of nitrogens with two attached hydrogens (primary N) is 1. The first kappa shape index (κ1) is 14.7. The SMILES string of the molecule is Cc1cc(C(=O)N2CCC[C@H]2c2cccs2)ncc1C(N)=O. The van der Waals surface area contributed by atoms with Crippen molar-refractivity contribution < 1.29 is 9.59 Å². The van der Waals surface area contributed by atoms with Crippen LogP contribution in [-0.2, 0) is 0 Å². The van der Waals surface area contributed by atoms with Gasteiger partial charge in [-0.05, 0) is 42.8 Å². The molecule has 1 atom stereocenters. The predicted molar refractivity (Wildman–Crippen MR) is 84.8 cm³/mol. The molecule has 2 aromatic rings. The number of amides is 2. The molecule has 0 bridgehead atoms. The van der Waals surface area contributed by atoms with E-state index in [2.05, 4.69) is 11.1 Å². The van der Waals surface area contributed by atoms with Crippen LogP contribution in [0.2, 0.25) is 0 Å². The van der Waals surface area contributed by atoms with Crippen LogP contribution in [0.25, 0.3) is 0 Å². The summed E-state index contributed by atoms with van der Waals surface area (Å²) in [5.74, 6) is -0.614. The minimum Gasteiger partial charge on any atom is -0.366 e. The Morgan fingerprint density at radius 2 is 2.27 bits per heavy atom. The average Bonchev–Trinajstić information content (AvgIpc) is 3.16. The van der Waals surface area contributed by atoms with Gasteiger partial charge in [-0.25, -0.2) is 0 Å². The van der Waals surface area contributed by atoms with Gasteiger partial charge in [0.05, 0.1) is 11.6 Å². The number of carbonyl (C=O) groups excluding carboxylic acids is 2. The minimum atomic E-state index is -0.526. The average molecular weight is 315 g/mol. The fourth-order valence-corrected chi connectivity index (χ4v) is 3.74. The molecule has 0 spiro atoms. The molecule has 5 nitrogen and oxygen atoms in total. The summed E-state index contributed by atoms with van der Waals surface area (Å²) in [4.78, 5) is 31.2. The summed E-state index contributed by atoms with van der Waals surface area (Å²) in [7, 11) is 0. The molecule has 1 aliphatic rings. The van der Waals surface area contributed by atoms with Gasteiger partial charge >= 0.3 is 0 Å². The third kappa shape index (κ3) is 2.62. The summed E-state index contributed by atoms with van der Waals surface area (Å²) >= 11 is 1.67. The van der Waals surface area contributed by atoms with E-state index in [-0.39, 0.29) is 11.9 Å². The summed E-state index contributed by atoms with van der Waals surface area (Å²) in [5, 5.41) is 2.03. The van der Waals surface area contributed by atoms with Crippen molar-refractivity contribution in [1.29, 1.82) is 0 Å². The van der Waals surface area contributed by atoms with Gasteiger partial charge in [-0.15, -0.1) is 11.3 Å². The first-order valence-electron chi connectivity index (χ1n) is 7.18. The number of likely N-dealkylation sites (tertiary alicyclic amines) is 1. The molecule has 1 aliphatic heterocycles. The van der Waals surface area contributed by atoms with Crippen molar-refractivity contribution in [2.75, 3.05) is 6.54 Å². The smallest absolute Gasteiger partial charge is 0.272 e. The summed E-state index contributed by atoms with van der Waals surface area (Å²) in [6.45, 7) is 2.50. The number of primary amides is 1. The quantitative estimate of drug-likeness (QED) is 0.945. The van der Waals surface area contributed by atoms with Crippen LogP contribution in [0.4, 0.5) is 0 Å². The van der Waals surface area contributed by atoms with Gasteiger partial charge in [0, 0.05) is 17.6 Å². The van der Waals surface area contributed by atoms with Crippen LogP contribution < -0.4 is 5.73 Å². The Morgan fingerprint density at radius 1 is 1.45 bits per heavy atom. The molecule has 3 heterocycles. The molecule has 0 aliphatic carbocycles. The Labute approximate surface area is 132 Å². The van der Waals surface area contributed by atoms with Crippen molar-refractivity contribution in [3.05, 3.63) is 51.5 Å². The van der Waals surface area contributed by atoms with E-state index in [1.54, 1.807) is 24.3 Å². The van der Waals surface area contributed by atoms with Gasteiger partial charge in [-0.1, -0.05) is 6.07 Å². The Bertz CT molecular complexity index is 712. The lowest BCUT2D eigenvalue weighted by Gasteiger charge is -2.23. The molecular formula is C16H17N3O2S. The summed E-state index contributed by atoms with van der Waals surface area (Å²) in [6, 6.07) is 5.85. The molecule has 0 saturated carbocycles. The van der Waals surface area contributed by atoms with Gasteiger partial charge < -0.3 is 10.6 Å². The van der Waals surface area contributed by atoms with Crippen molar-refractivity contribution in [3.8, 4) is 0 Å². The normalized spacial score (nSPS) is 17.7. The van der Waals surface area contributed by atoms with Crippen LogP contribution >= 0.6 is 11.3 Å². The number of hydrogen-bond acceptors (Lipinski definition) is 4. The Kier molecular flexibility index (Phi) is 3.94. The van der Waals surface area contributed by atoms with Gasteiger partial charge in [0.1, 0.15) is 5.69 Å². The lowest BCUT2D eigenvalue weighted by molar-refractivity contribution is 0.0731. The van der Waals surface area contributed by atoms with Gasteiger partial charge in [-0.2, -0.15) is 0 Å². The van der Waals surface area contributed by atoms with E-state index in [1.807, 2.05) is 16.3 Å². The van der Waals surface area contributed by atoms with Crippen molar-refractivity contribution in [1.82, 2.24) is 9.88 Å². The van der Waals surface area contributed by atoms with Crippen molar-refractivity contribution in [3.63, 3.8) is 0 Å². The van der Waals surface area contributed by atoms with Gasteiger partial charge in [0.15, 0.2) is 0 Å². The molecule has 0 unspecified atom stereocenters. The zero-order chi connectivity index (χ0) is 15.7. The van der Waals surface area contributed by atoms with Crippen molar-refractivity contribution in [2.45, 2.75) is 25.8 Å². The third-order valence-electron chi connectivity index (χ3n) is 3.98. The topological polar surface area (TPSA) is 76.3 Å². The summed E-state index contributed by atoms with van der Waals surface area (Å²) in [6.07, 6.45) is 3.36. The number of hydrogen-bond donors (Lipinski definition) is 1. The molecule has 1 saturated heterocycles. The van der Waals surface area contributed by atoms with Gasteiger partial charge in [0.25, 0.3) is 11.8 Å². The highest BCUT2D eigenvalue weighted by molar-refractivity contribution is 7.10. The van der Waals surface area contributed by atoms with Gasteiger partial charge in [0.2, 0.25) is 0 Å². The van der Waals surface area contributed by atoms with Crippen LogP contribution in [0.15, 0.2) is 29.8 Å². The van der Waals surface area contributed by atoms with Crippen molar-refractivity contribution >= 4 is 23.2 Å². The van der Waals surface area contributed by atoms with E-state index in [9.17, 15) is 9.59 Å². The molecule has 114 valence electrons. The van der Waals surface area contributed by atoms with Crippen LogP contribution in [0.1, 0.15) is 50.2 Å². The number of nitrogens with zero attached hydrogens (tertiary/aromatic N) is 2. The molecular weight excluding hydrogens is 298 g/mol. The zero-order valence-electron chi connectivity index (χ0n) is 12.3. The Balaban J connectivity index is 1.87. The summed E-state index contributed by atoms with van der Waals surface area (Å²) in [5.41, 5.74) is 6.68. The molecule has 22 heavy (non-hydrogen) atoms. The fourth-order valence-electron chi connectivity index (χ4n) is 2.86. The first-order valence-corrected chi connectivity index (χ1v) is 8.06. The zero-order valence-corrected chi connectivity index (χ0v) is 13.1. The molecule has 2 N–H and O–H groups in total. The largest absolute Gasteiger partial charge is 0.366 e. The number of rotatable bonds is 3. The second kappa shape index (κ2) is 5.88. The highest BCUT2D eigenvalue weighted by Crippen LogP contribution is 2.35. The Hall–Kier alpha value is -2.21. The maximum absolute atomic E-state index is 12.7. The number of aryl methyl sites for hydroxylation is 1. The number of carbonyl (C=O) groups is 2. The minimum absolute atomic E-state index is 0.0879. The summed E-state index contributed by atoms with van der Waals surface area (Å²) < 4.78 is 0. The van der Waals surface area contributed by atoms with E-state index in [0.717, 1.165) is 19.4 Å². The second-order valence-electron chi connectivity index (χ2n) is 5.42. The second-order valence-corrected chi connectivity index (χ2v) is 6.40. The molecule has 0 radical (unpaired) electrons. The van der Waals surface area contributed by atoms with Crippen molar-refractivity contribution in [2.24, 2.45) is 5.73 Å². The Morgan fingerprint density at radius 3 is 2.91 bits per heavy atom. The molecule has 0 aromatic carbocycles. The number of pyridine rings is 1. The first-order chi connectivity index (χ1) is 10.6. The molecule has 2 amide bonds. The highest BCUT2D eigenvalue weighted by Gasteiger charge is 2.31. The van der Waals surface area contributed by atoms with Crippen LogP contribution in [0.3, 0.4) is 0 Å². The van der Waals surface area contributed by atoms with E-state index < -0.39 is 5.91 Å². The van der Waals surface area contributed by atoms with Gasteiger partial charge in [-0.3, -0.25) is 14.6 Å². The predicted octanol–water partition coefficient (Wildman–Crippen LogP) is 2.53. The lowest BCUT2D eigenvalue weighted by atomic mass is 10.1. The molecule has 2 aromatic heterocycles. The third-order valence-corrected chi connectivity index (χ3v) is 4.95. The maximum atomic E-state index is 12.7. The number of thiophene rings is 1. The van der Waals surface area contributed by atoms with E-state index in [0.29, 0.717) is 16.8 Å². The van der Waals surface area contributed by atoms with E-state index >= 15 is 0 Å². The van der Waals surface area contributed by atoms with Crippen LogP contribution in [0.5, 0.6) is 0 Å². The highest BCUT2D eigenvalue weighted by atomic mass is 32.1. The lowest BCUT2D eigenvalue weighted by Crippen LogP contribution is -2.31. The molecule has 6 heteroatoms. The van der Waals surface area contributed by atoms with Crippen LogP contribution in [0, 0.1) is 6.92 Å². The van der Waals surface area contributed by atoms with E-state index in [4.69, 9.17) is 5.73 Å². The monoisotopic (exact) mass is 315 g/mol. The standard InChI is InChI=1S/C16H17N3O2S/c1-10-8-12(18-9-11(10)15(17)20)16(21)19-6-2-4-13(19)14-5-3-7-22-14/h3,5,7-9,13H,2,4,6H2,1H3,(H2,17,20)/t13-/m0/s1. The maximum Gasteiger partial charge on any atom is 0.272 e.